The molecule has 0 radical (unpaired) electrons. The van der Waals surface area contributed by atoms with E-state index >= 15 is 0 Å². The molecular weight excluding hydrogens is 342 g/mol. The van der Waals surface area contributed by atoms with Crippen LogP contribution in [0.5, 0.6) is 17.4 Å². The molecule has 0 bridgehead atoms. The number of aromatic nitrogens is 1. The van der Waals surface area contributed by atoms with Gasteiger partial charge in [0.1, 0.15) is 5.75 Å². The smallest absolute Gasteiger partial charge is 0.256 e. The molecule has 1 N–H and O–H groups in total. The van der Waals surface area contributed by atoms with Gasteiger partial charge in [-0.2, -0.15) is 0 Å². The average molecular weight is 371 g/mol. The van der Waals surface area contributed by atoms with Gasteiger partial charge in [-0.15, -0.1) is 0 Å². The maximum atomic E-state index is 6.01. The van der Waals surface area contributed by atoms with Crippen molar-refractivity contribution in [3.05, 3.63) is 47.7 Å². The van der Waals surface area contributed by atoms with Crippen molar-refractivity contribution in [2.75, 3.05) is 33.9 Å². The van der Waals surface area contributed by atoms with Crippen molar-refractivity contribution < 1.29 is 14.2 Å². The minimum Gasteiger partial charge on any atom is -0.491 e. The van der Waals surface area contributed by atoms with Crippen molar-refractivity contribution in [2.24, 2.45) is 0 Å². The Morgan fingerprint density at radius 2 is 2.00 bits per heavy atom. The molecule has 1 aliphatic heterocycles. The third-order valence-corrected chi connectivity index (χ3v) is 4.61. The lowest BCUT2D eigenvalue weighted by atomic mass is 10.0. The summed E-state index contributed by atoms with van der Waals surface area (Å²) in [5.41, 5.74) is 2.32. The zero-order valence-corrected chi connectivity index (χ0v) is 16.6. The van der Waals surface area contributed by atoms with E-state index < -0.39 is 0 Å². The number of rotatable bonds is 7. The molecule has 0 spiro atoms. The molecule has 1 unspecified atom stereocenters. The Hall–Kier alpha value is -2.31. The van der Waals surface area contributed by atoms with E-state index in [0.717, 1.165) is 37.5 Å². The van der Waals surface area contributed by atoms with Crippen LogP contribution in [0.1, 0.15) is 31.0 Å². The quantitative estimate of drug-likeness (QED) is 0.807. The van der Waals surface area contributed by atoms with E-state index in [9.17, 15) is 0 Å². The molecule has 1 fully saturated rings. The first-order valence-electron chi connectivity index (χ1n) is 9.39. The third kappa shape index (κ3) is 4.90. The van der Waals surface area contributed by atoms with Crippen LogP contribution in [-0.4, -0.2) is 49.8 Å². The summed E-state index contributed by atoms with van der Waals surface area (Å²) in [6, 6.07) is 10.5. The second kappa shape index (κ2) is 9.06. The monoisotopic (exact) mass is 371 g/mol. The second-order valence-corrected chi connectivity index (χ2v) is 7.00. The molecule has 6 heteroatoms. The van der Waals surface area contributed by atoms with Gasteiger partial charge in [-0.3, -0.25) is 4.90 Å². The van der Waals surface area contributed by atoms with E-state index in [-0.39, 0.29) is 12.1 Å². The van der Waals surface area contributed by atoms with Gasteiger partial charge in [-0.1, -0.05) is 18.2 Å². The van der Waals surface area contributed by atoms with Crippen LogP contribution in [0.25, 0.3) is 0 Å². The zero-order chi connectivity index (χ0) is 19.2. The van der Waals surface area contributed by atoms with E-state index in [4.69, 9.17) is 14.2 Å². The maximum absolute atomic E-state index is 6.01. The first kappa shape index (κ1) is 19.5. The van der Waals surface area contributed by atoms with E-state index in [1.165, 1.54) is 5.56 Å². The fraction of sp³-hybridized carbons (Fsp3) is 0.476. The van der Waals surface area contributed by atoms with Gasteiger partial charge in [0, 0.05) is 44.0 Å². The fourth-order valence-corrected chi connectivity index (χ4v) is 3.41. The van der Waals surface area contributed by atoms with Crippen LogP contribution < -0.4 is 19.5 Å². The molecule has 2 aromatic rings. The summed E-state index contributed by atoms with van der Waals surface area (Å²) in [6.45, 7) is 7.76. The Morgan fingerprint density at radius 1 is 1.19 bits per heavy atom. The van der Waals surface area contributed by atoms with E-state index in [2.05, 4.69) is 41.2 Å². The highest BCUT2D eigenvalue weighted by molar-refractivity contribution is 5.37. The van der Waals surface area contributed by atoms with Crippen molar-refractivity contribution in [2.45, 2.75) is 32.5 Å². The largest absolute Gasteiger partial charge is 0.491 e. The number of para-hydroxylation sites is 1. The Bertz CT molecular complexity index is 751. The number of methoxy groups -OCH3 is 2. The van der Waals surface area contributed by atoms with Crippen molar-refractivity contribution in [1.82, 2.24) is 15.2 Å². The molecule has 2 heterocycles. The first-order chi connectivity index (χ1) is 13.1. The second-order valence-electron chi connectivity index (χ2n) is 7.00. The lowest BCUT2D eigenvalue weighted by Crippen LogP contribution is -2.45. The van der Waals surface area contributed by atoms with E-state index in [1.807, 2.05) is 24.4 Å². The molecule has 1 saturated heterocycles. The standard InChI is InChI=1S/C21H29N3O3/c1-15(2)27-19-8-6-5-7-17(19)18-14-24(10-9-22-18)13-16-11-20(25-3)21(26-4)23-12-16/h5-8,11-12,15,18,22H,9-10,13-14H2,1-4H3. The number of benzene rings is 1. The molecule has 3 rings (SSSR count). The van der Waals surface area contributed by atoms with Crippen LogP contribution in [0.4, 0.5) is 0 Å². The molecule has 6 nitrogen and oxygen atoms in total. The SMILES string of the molecule is COc1cc(CN2CCNC(c3ccccc3OC(C)C)C2)cnc1OC. The van der Waals surface area contributed by atoms with Gasteiger partial charge in [0.2, 0.25) is 0 Å². The number of ether oxygens (including phenoxy) is 3. The van der Waals surface area contributed by atoms with Gasteiger partial charge in [0.25, 0.3) is 5.88 Å². The van der Waals surface area contributed by atoms with Gasteiger partial charge in [0.15, 0.2) is 5.75 Å². The lowest BCUT2D eigenvalue weighted by molar-refractivity contribution is 0.185. The van der Waals surface area contributed by atoms with Gasteiger partial charge in [-0.25, -0.2) is 4.98 Å². The van der Waals surface area contributed by atoms with Gasteiger partial charge >= 0.3 is 0 Å². The van der Waals surface area contributed by atoms with Crippen LogP contribution in [-0.2, 0) is 6.54 Å². The van der Waals surface area contributed by atoms with Gasteiger partial charge in [-0.05, 0) is 31.5 Å². The molecular formula is C21H29N3O3. The topological polar surface area (TPSA) is 55.9 Å². The normalized spacial score (nSPS) is 17.7. The highest BCUT2D eigenvalue weighted by Crippen LogP contribution is 2.29. The van der Waals surface area contributed by atoms with Crippen molar-refractivity contribution in [3.63, 3.8) is 0 Å². The van der Waals surface area contributed by atoms with Gasteiger partial charge in [0.05, 0.1) is 20.3 Å². The van der Waals surface area contributed by atoms with E-state index in [1.54, 1.807) is 14.2 Å². The number of hydrogen-bond acceptors (Lipinski definition) is 6. The van der Waals surface area contributed by atoms with Crippen LogP contribution in [0, 0.1) is 0 Å². The predicted molar refractivity (Wildman–Crippen MR) is 106 cm³/mol. The van der Waals surface area contributed by atoms with Crippen LogP contribution in [0.3, 0.4) is 0 Å². The minimum atomic E-state index is 0.156. The number of piperazine rings is 1. The van der Waals surface area contributed by atoms with Crippen LogP contribution in [0.15, 0.2) is 36.5 Å². The summed E-state index contributed by atoms with van der Waals surface area (Å²) in [7, 11) is 3.23. The molecule has 146 valence electrons. The molecule has 0 saturated carbocycles. The van der Waals surface area contributed by atoms with Crippen molar-refractivity contribution >= 4 is 0 Å². The zero-order valence-electron chi connectivity index (χ0n) is 16.6. The minimum absolute atomic E-state index is 0.156. The lowest BCUT2D eigenvalue weighted by Gasteiger charge is -2.34. The third-order valence-electron chi connectivity index (χ3n) is 4.61. The number of nitrogens with one attached hydrogen (secondary N) is 1. The summed E-state index contributed by atoms with van der Waals surface area (Å²) < 4.78 is 16.6. The van der Waals surface area contributed by atoms with Crippen molar-refractivity contribution in [1.29, 1.82) is 0 Å². The Labute approximate surface area is 161 Å². The van der Waals surface area contributed by atoms with Crippen LogP contribution in [0.2, 0.25) is 0 Å². The Balaban J connectivity index is 1.72. The fourth-order valence-electron chi connectivity index (χ4n) is 3.41. The molecule has 0 aliphatic carbocycles. The van der Waals surface area contributed by atoms with Crippen LogP contribution >= 0.6 is 0 Å². The summed E-state index contributed by atoms with van der Waals surface area (Å²) in [4.78, 5) is 6.77. The Kier molecular flexibility index (Phi) is 6.53. The number of hydrogen-bond donors (Lipinski definition) is 1. The van der Waals surface area contributed by atoms with Crippen molar-refractivity contribution in [3.8, 4) is 17.4 Å². The maximum Gasteiger partial charge on any atom is 0.256 e. The highest BCUT2D eigenvalue weighted by Gasteiger charge is 2.24. The number of nitrogens with zero attached hydrogens (tertiary/aromatic N) is 2. The molecule has 1 atom stereocenters. The summed E-state index contributed by atoms with van der Waals surface area (Å²) in [6.07, 6.45) is 2.01. The average Bonchev–Trinajstić information content (AvgIpc) is 2.68. The summed E-state index contributed by atoms with van der Waals surface area (Å²) >= 11 is 0. The summed E-state index contributed by atoms with van der Waals surface area (Å²) in [5, 5.41) is 3.62. The molecule has 1 aromatic carbocycles. The molecule has 0 amide bonds. The Morgan fingerprint density at radius 3 is 2.74 bits per heavy atom. The molecule has 1 aliphatic rings. The predicted octanol–water partition coefficient (Wildman–Crippen LogP) is 3.03. The first-order valence-corrected chi connectivity index (χ1v) is 9.39. The highest BCUT2D eigenvalue weighted by atomic mass is 16.5. The summed E-state index contributed by atoms with van der Waals surface area (Å²) in [5.74, 6) is 2.14. The molecule has 1 aromatic heterocycles. The van der Waals surface area contributed by atoms with E-state index in [0.29, 0.717) is 11.6 Å². The molecule has 27 heavy (non-hydrogen) atoms. The van der Waals surface area contributed by atoms with Gasteiger partial charge < -0.3 is 19.5 Å². The number of pyridine rings is 1.